The summed E-state index contributed by atoms with van der Waals surface area (Å²) in [5.74, 6) is 1.46. The average molecular weight is 433 g/mol. The third-order valence-corrected chi connectivity index (χ3v) is 6.85. The van der Waals surface area contributed by atoms with E-state index in [1.807, 2.05) is 43.0 Å². The Balaban J connectivity index is 1.76. The number of amides is 1. The number of methoxy groups -OCH3 is 2. The Bertz CT molecular complexity index is 1290. The van der Waals surface area contributed by atoms with Gasteiger partial charge in [-0.25, -0.2) is 0 Å². The van der Waals surface area contributed by atoms with E-state index in [-0.39, 0.29) is 17.4 Å². The van der Waals surface area contributed by atoms with Crippen LogP contribution in [0.1, 0.15) is 46.7 Å². The van der Waals surface area contributed by atoms with Crippen molar-refractivity contribution in [3.05, 3.63) is 68.5 Å². The molecule has 1 atom stereocenters. The van der Waals surface area contributed by atoms with Crippen LogP contribution >= 0.6 is 0 Å². The largest absolute Gasteiger partial charge is 0.493 e. The molecule has 1 aliphatic heterocycles. The van der Waals surface area contributed by atoms with E-state index < -0.39 is 6.04 Å². The van der Waals surface area contributed by atoms with Crippen LogP contribution in [0, 0.1) is 19.8 Å². The SMILES string of the molecule is COc1cc2c(cc1OC)C(c1cc3c(C)ccc(C)c3[nH]c1=O)N(C(=O)C1CC1)CC2. The first kappa shape index (κ1) is 20.6. The lowest BCUT2D eigenvalue weighted by Gasteiger charge is -2.38. The van der Waals surface area contributed by atoms with Crippen molar-refractivity contribution in [3.8, 4) is 11.5 Å². The molecule has 2 aromatic carbocycles. The highest BCUT2D eigenvalue weighted by molar-refractivity contribution is 5.86. The fraction of sp³-hybridized carbons (Fsp3) is 0.385. The minimum atomic E-state index is -0.459. The van der Waals surface area contributed by atoms with Crippen LogP contribution in [0.5, 0.6) is 11.5 Å². The molecule has 3 aromatic rings. The van der Waals surface area contributed by atoms with Gasteiger partial charge in [-0.2, -0.15) is 0 Å². The van der Waals surface area contributed by atoms with Gasteiger partial charge in [-0.15, -0.1) is 0 Å². The number of aromatic nitrogens is 1. The smallest absolute Gasteiger partial charge is 0.254 e. The van der Waals surface area contributed by atoms with E-state index in [1.54, 1.807) is 14.2 Å². The monoisotopic (exact) mass is 432 g/mol. The van der Waals surface area contributed by atoms with Gasteiger partial charge in [-0.05, 0) is 73.6 Å². The second-order valence-corrected chi connectivity index (χ2v) is 8.91. The summed E-state index contributed by atoms with van der Waals surface area (Å²) < 4.78 is 11.1. The molecule has 2 aliphatic rings. The molecule has 32 heavy (non-hydrogen) atoms. The Labute approximate surface area is 187 Å². The number of nitrogens with zero attached hydrogens (tertiary/aromatic N) is 1. The fourth-order valence-electron chi connectivity index (χ4n) is 4.88. The molecule has 1 N–H and O–H groups in total. The summed E-state index contributed by atoms with van der Waals surface area (Å²) in [4.78, 5) is 31.7. The summed E-state index contributed by atoms with van der Waals surface area (Å²) in [5, 5.41) is 1.01. The molecule has 1 amide bonds. The van der Waals surface area contributed by atoms with Crippen molar-refractivity contribution < 1.29 is 14.3 Å². The second-order valence-electron chi connectivity index (χ2n) is 8.91. The topological polar surface area (TPSA) is 71.6 Å². The number of hydrogen-bond donors (Lipinski definition) is 1. The molecule has 0 bridgehead atoms. The van der Waals surface area contributed by atoms with E-state index in [2.05, 4.69) is 11.1 Å². The van der Waals surface area contributed by atoms with Crippen LogP contribution in [0.4, 0.5) is 0 Å². The maximum atomic E-state index is 13.4. The number of carbonyl (C=O) groups excluding carboxylic acids is 1. The first-order valence-electron chi connectivity index (χ1n) is 11.1. The van der Waals surface area contributed by atoms with Gasteiger partial charge in [0.1, 0.15) is 0 Å². The summed E-state index contributed by atoms with van der Waals surface area (Å²) in [5.41, 5.74) is 5.40. The lowest BCUT2D eigenvalue weighted by atomic mass is 9.87. The van der Waals surface area contributed by atoms with Crippen LogP contribution in [0.15, 0.2) is 35.1 Å². The predicted molar refractivity (Wildman–Crippen MR) is 124 cm³/mol. The van der Waals surface area contributed by atoms with Gasteiger partial charge in [-0.3, -0.25) is 9.59 Å². The van der Waals surface area contributed by atoms with Crippen molar-refractivity contribution in [2.45, 2.75) is 39.2 Å². The zero-order valence-electron chi connectivity index (χ0n) is 19.0. The van der Waals surface area contributed by atoms with Gasteiger partial charge in [0.25, 0.3) is 5.56 Å². The maximum Gasteiger partial charge on any atom is 0.254 e. The molecule has 6 heteroatoms. The summed E-state index contributed by atoms with van der Waals surface area (Å²) in [6.07, 6.45) is 2.56. The molecular formula is C26H28N2O4. The molecule has 5 rings (SSSR count). The summed E-state index contributed by atoms with van der Waals surface area (Å²) >= 11 is 0. The number of fused-ring (bicyclic) bond motifs is 2. The summed E-state index contributed by atoms with van der Waals surface area (Å²) in [6, 6.07) is 9.50. The number of H-pyrrole nitrogens is 1. The summed E-state index contributed by atoms with van der Waals surface area (Å²) in [7, 11) is 3.22. The van der Waals surface area contributed by atoms with Gasteiger partial charge >= 0.3 is 0 Å². The molecule has 1 unspecified atom stereocenters. The molecule has 2 heterocycles. The van der Waals surface area contributed by atoms with Crippen molar-refractivity contribution in [2.75, 3.05) is 20.8 Å². The Morgan fingerprint density at radius 3 is 2.38 bits per heavy atom. The van der Waals surface area contributed by atoms with E-state index >= 15 is 0 Å². The van der Waals surface area contributed by atoms with Gasteiger partial charge in [0.15, 0.2) is 11.5 Å². The standard InChI is InChI=1S/C26H28N2O4/c1-14-5-6-15(2)23-18(14)12-20(25(29)27-23)24-19-13-22(32-4)21(31-3)11-17(19)9-10-28(24)26(30)16-7-8-16/h5-6,11-13,16,24H,7-10H2,1-4H3,(H,27,29). The van der Waals surface area contributed by atoms with E-state index in [9.17, 15) is 9.59 Å². The van der Waals surface area contributed by atoms with E-state index in [0.29, 0.717) is 30.0 Å². The zero-order chi connectivity index (χ0) is 22.6. The quantitative estimate of drug-likeness (QED) is 0.675. The van der Waals surface area contributed by atoms with Crippen molar-refractivity contribution in [2.24, 2.45) is 5.92 Å². The van der Waals surface area contributed by atoms with Crippen molar-refractivity contribution in [1.29, 1.82) is 0 Å². The number of aromatic amines is 1. The number of pyridine rings is 1. The lowest BCUT2D eigenvalue weighted by molar-refractivity contribution is -0.134. The van der Waals surface area contributed by atoms with Gasteiger partial charge in [0, 0.05) is 23.4 Å². The van der Waals surface area contributed by atoms with Gasteiger partial charge < -0.3 is 19.4 Å². The Morgan fingerprint density at radius 2 is 1.69 bits per heavy atom. The lowest BCUT2D eigenvalue weighted by Crippen LogP contribution is -2.43. The molecule has 166 valence electrons. The minimum absolute atomic E-state index is 0.0720. The number of benzene rings is 2. The van der Waals surface area contributed by atoms with Crippen molar-refractivity contribution >= 4 is 16.8 Å². The third-order valence-electron chi connectivity index (χ3n) is 6.85. The number of ether oxygens (including phenoxy) is 2. The van der Waals surface area contributed by atoms with Crippen LogP contribution in [0.25, 0.3) is 10.9 Å². The predicted octanol–water partition coefficient (Wildman–Crippen LogP) is 4.05. The molecule has 0 radical (unpaired) electrons. The van der Waals surface area contributed by atoms with Crippen LogP contribution < -0.4 is 15.0 Å². The average Bonchev–Trinajstić information content (AvgIpc) is 3.65. The van der Waals surface area contributed by atoms with Crippen LogP contribution in [-0.4, -0.2) is 36.6 Å². The molecular weight excluding hydrogens is 404 g/mol. The highest BCUT2D eigenvalue weighted by Crippen LogP contribution is 2.43. The van der Waals surface area contributed by atoms with Gasteiger partial charge in [-0.1, -0.05) is 12.1 Å². The molecule has 0 spiro atoms. The first-order valence-corrected chi connectivity index (χ1v) is 11.1. The number of aryl methyl sites for hydroxylation is 2. The van der Waals surface area contributed by atoms with Crippen molar-refractivity contribution in [3.63, 3.8) is 0 Å². The number of hydrogen-bond acceptors (Lipinski definition) is 4. The Morgan fingerprint density at radius 1 is 1.00 bits per heavy atom. The number of carbonyl (C=O) groups is 1. The minimum Gasteiger partial charge on any atom is -0.493 e. The maximum absolute atomic E-state index is 13.4. The first-order chi connectivity index (χ1) is 15.4. The van der Waals surface area contributed by atoms with E-state index in [4.69, 9.17) is 9.47 Å². The van der Waals surface area contributed by atoms with Crippen LogP contribution in [0.2, 0.25) is 0 Å². The van der Waals surface area contributed by atoms with Crippen LogP contribution in [-0.2, 0) is 11.2 Å². The fourth-order valence-corrected chi connectivity index (χ4v) is 4.88. The highest BCUT2D eigenvalue weighted by atomic mass is 16.5. The molecule has 1 fully saturated rings. The van der Waals surface area contributed by atoms with E-state index in [0.717, 1.165) is 46.0 Å². The number of nitrogens with one attached hydrogen (secondary N) is 1. The van der Waals surface area contributed by atoms with Gasteiger partial charge in [0.2, 0.25) is 5.91 Å². The zero-order valence-corrected chi connectivity index (χ0v) is 19.0. The normalized spacial score (nSPS) is 17.9. The highest BCUT2D eigenvalue weighted by Gasteiger charge is 2.41. The van der Waals surface area contributed by atoms with E-state index in [1.165, 1.54) is 0 Å². The second kappa shape index (κ2) is 7.69. The van der Waals surface area contributed by atoms with Gasteiger partial charge in [0.05, 0.1) is 25.8 Å². The Hall–Kier alpha value is -3.28. The molecule has 0 saturated heterocycles. The molecule has 6 nitrogen and oxygen atoms in total. The number of rotatable bonds is 4. The molecule has 1 aliphatic carbocycles. The summed E-state index contributed by atoms with van der Waals surface area (Å²) in [6.45, 7) is 4.61. The van der Waals surface area contributed by atoms with Crippen LogP contribution in [0.3, 0.4) is 0 Å². The molecule has 1 saturated carbocycles. The third kappa shape index (κ3) is 3.25. The molecule has 1 aromatic heterocycles. The van der Waals surface area contributed by atoms with Crippen molar-refractivity contribution in [1.82, 2.24) is 9.88 Å². The Kier molecular flexibility index (Phi) is 4.96.